The Balaban J connectivity index is 2.75. The Labute approximate surface area is 104 Å². The van der Waals surface area contributed by atoms with Crippen LogP contribution in [0.3, 0.4) is 0 Å². The second kappa shape index (κ2) is 7.44. The summed E-state index contributed by atoms with van der Waals surface area (Å²) < 4.78 is 13.6. The Morgan fingerprint density at radius 1 is 1.24 bits per heavy atom. The molecule has 1 nitrogen and oxygen atoms in total. The molecule has 17 heavy (non-hydrogen) atoms. The molecule has 0 saturated heterocycles. The Bertz CT molecular complexity index is 328. The molecule has 1 rings (SSSR count). The summed E-state index contributed by atoms with van der Waals surface area (Å²) in [6.45, 7) is 7.13. The lowest BCUT2D eigenvalue weighted by molar-refractivity contribution is 0.478. The minimum atomic E-state index is -0.0951. The van der Waals surface area contributed by atoms with E-state index in [0.717, 1.165) is 30.5 Å². The maximum absolute atomic E-state index is 13.6. The van der Waals surface area contributed by atoms with Crippen molar-refractivity contribution in [2.45, 2.75) is 52.5 Å². The summed E-state index contributed by atoms with van der Waals surface area (Å²) in [7, 11) is 0. The highest BCUT2D eigenvalue weighted by atomic mass is 19.1. The lowest BCUT2D eigenvalue weighted by Crippen LogP contribution is -2.22. The third-order valence-corrected chi connectivity index (χ3v) is 3.09. The van der Waals surface area contributed by atoms with Gasteiger partial charge in [0, 0.05) is 6.04 Å². The molecule has 1 atom stereocenters. The number of hydrogen-bond donors (Lipinski definition) is 1. The van der Waals surface area contributed by atoms with Gasteiger partial charge in [-0.3, -0.25) is 0 Å². The van der Waals surface area contributed by atoms with Gasteiger partial charge in [-0.2, -0.15) is 0 Å². The van der Waals surface area contributed by atoms with Crippen molar-refractivity contribution < 1.29 is 4.39 Å². The quantitative estimate of drug-likeness (QED) is 0.742. The zero-order valence-corrected chi connectivity index (χ0v) is 11.2. The van der Waals surface area contributed by atoms with Crippen LogP contribution in [0.15, 0.2) is 18.2 Å². The number of halogens is 1. The monoisotopic (exact) mass is 237 g/mol. The van der Waals surface area contributed by atoms with Gasteiger partial charge in [-0.05, 0) is 43.5 Å². The molecule has 0 aliphatic carbocycles. The first-order valence-electron chi connectivity index (χ1n) is 6.68. The van der Waals surface area contributed by atoms with E-state index in [-0.39, 0.29) is 5.82 Å². The summed E-state index contributed by atoms with van der Waals surface area (Å²) in [4.78, 5) is 0. The lowest BCUT2D eigenvalue weighted by Gasteiger charge is -2.19. The molecule has 0 aromatic heterocycles. The summed E-state index contributed by atoms with van der Waals surface area (Å²) in [5.74, 6) is -0.0951. The Kier molecular flexibility index (Phi) is 6.20. The standard InChI is InChI=1S/C15H24FN/c1-4-6-7-15(17-10-5-2)13-9-8-12(3)14(16)11-13/h8-9,11,15,17H,4-7,10H2,1-3H3. The van der Waals surface area contributed by atoms with Crippen LogP contribution in [0.4, 0.5) is 4.39 Å². The van der Waals surface area contributed by atoms with Crippen LogP contribution in [-0.2, 0) is 0 Å². The molecular weight excluding hydrogens is 213 g/mol. The SMILES string of the molecule is CCCCC(NCCC)c1ccc(C)c(F)c1. The average molecular weight is 237 g/mol. The predicted molar refractivity (Wildman–Crippen MR) is 71.7 cm³/mol. The number of unbranched alkanes of at least 4 members (excludes halogenated alkanes) is 1. The summed E-state index contributed by atoms with van der Waals surface area (Å²) in [6, 6.07) is 5.89. The molecule has 0 spiro atoms. The average Bonchev–Trinajstić information content (AvgIpc) is 2.33. The lowest BCUT2D eigenvalue weighted by atomic mass is 9.99. The number of rotatable bonds is 7. The predicted octanol–water partition coefficient (Wildman–Crippen LogP) is 4.37. The first-order valence-corrected chi connectivity index (χ1v) is 6.68. The van der Waals surface area contributed by atoms with Gasteiger partial charge in [0.15, 0.2) is 0 Å². The number of nitrogens with one attached hydrogen (secondary N) is 1. The van der Waals surface area contributed by atoms with Crippen LogP contribution >= 0.6 is 0 Å². The van der Waals surface area contributed by atoms with Crippen LogP contribution in [0.2, 0.25) is 0 Å². The molecule has 0 heterocycles. The van der Waals surface area contributed by atoms with E-state index in [2.05, 4.69) is 19.2 Å². The highest BCUT2D eigenvalue weighted by molar-refractivity contribution is 5.25. The minimum absolute atomic E-state index is 0.0951. The second-order valence-electron chi connectivity index (χ2n) is 4.66. The molecule has 0 saturated carbocycles. The smallest absolute Gasteiger partial charge is 0.126 e. The summed E-state index contributed by atoms with van der Waals surface area (Å²) in [6.07, 6.45) is 4.55. The molecule has 1 aromatic carbocycles. The maximum atomic E-state index is 13.6. The van der Waals surface area contributed by atoms with Gasteiger partial charge in [-0.15, -0.1) is 0 Å². The van der Waals surface area contributed by atoms with Crippen molar-refractivity contribution in [1.82, 2.24) is 5.32 Å². The topological polar surface area (TPSA) is 12.0 Å². The van der Waals surface area contributed by atoms with E-state index < -0.39 is 0 Å². The molecule has 1 aromatic rings. The Morgan fingerprint density at radius 2 is 2.00 bits per heavy atom. The van der Waals surface area contributed by atoms with Crippen molar-refractivity contribution in [3.8, 4) is 0 Å². The van der Waals surface area contributed by atoms with E-state index in [1.807, 2.05) is 12.1 Å². The van der Waals surface area contributed by atoms with Gasteiger partial charge in [0.2, 0.25) is 0 Å². The molecule has 2 heteroatoms. The van der Waals surface area contributed by atoms with Crippen LogP contribution < -0.4 is 5.32 Å². The fourth-order valence-electron chi connectivity index (χ4n) is 1.94. The van der Waals surface area contributed by atoms with Crippen LogP contribution in [0.5, 0.6) is 0 Å². The zero-order valence-electron chi connectivity index (χ0n) is 11.2. The van der Waals surface area contributed by atoms with E-state index >= 15 is 0 Å². The van der Waals surface area contributed by atoms with Gasteiger partial charge in [-0.1, -0.05) is 38.8 Å². The van der Waals surface area contributed by atoms with Gasteiger partial charge in [-0.25, -0.2) is 4.39 Å². The van der Waals surface area contributed by atoms with Gasteiger partial charge < -0.3 is 5.32 Å². The molecule has 96 valence electrons. The third-order valence-electron chi connectivity index (χ3n) is 3.09. The highest BCUT2D eigenvalue weighted by Crippen LogP contribution is 2.21. The minimum Gasteiger partial charge on any atom is -0.310 e. The third kappa shape index (κ3) is 4.47. The number of hydrogen-bond acceptors (Lipinski definition) is 1. The first kappa shape index (κ1) is 14.2. The molecule has 1 N–H and O–H groups in total. The summed E-state index contributed by atoms with van der Waals surface area (Å²) >= 11 is 0. The number of aryl methyl sites for hydroxylation is 1. The molecule has 1 unspecified atom stereocenters. The van der Waals surface area contributed by atoms with Gasteiger partial charge in [0.25, 0.3) is 0 Å². The van der Waals surface area contributed by atoms with E-state index in [0.29, 0.717) is 6.04 Å². The molecule has 0 radical (unpaired) electrons. The van der Waals surface area contributed by atoms with E-state index in [9.17, 15) is 4.39 Å². The maximum Gasteiger partial charge on any atom is 0.126 e. The largest absolute Gasteiger partial charge is 0.310 e. The van der Waals surface area contributed by atoms with Crippen molar-refractivity contribution in [3.05, 3.63) is 35.1 Å². The van der Waals surface area contributed by atoms with E-state index in [1.54, 1.807) is 13.0 Å². The molecule has 0 bridgehead atoms. The van der Waals surface area contributed by atoms with Crippen LogP contribution in [0.1, 0.15) is 56.7 Å². The fraction of sp³-hybridized carbons (Fsp3) is 0.600. The Hall–Kier alpha value is -0.890. The molecule has 0 fully saturated rings. The van der Waals surface area contributed by atoms with Crippen molar-refractivity contribution in [1.29, 1.82) is 0 Å². The molecule has 0 aliphatic heterocycles. The van der Waals surface area contributed by atoms with Crippen molar-refractivity contribution in [3.63, 3.8) is 0 Å². The normalized spacial score (nSPS) is 12.7. The van der Waals surface area contributed by atoms with Crippen LogP contribution in [0.25, 0.3) is 0 Å². The van der Waals surface area contributed by atoms with E-state index in [4.69, 9.17) is 0 Å². The fourth-order valence-corrected chi connectivity index (χ4v) is 1.94. The van der Waals surface area contributed by atoms with Crippen molar-refractivity contribution >= 4 is 0 Å². The Morgan fingerprint density at radius 3 is 2.59 bits per heavy atom. The van der Waals surface area contributed by atoms with Gasteiger partial charge in [0.1, 0.15) is 5.82 Å². The van der Waals surface area contributed by atoms with Gasteiger partial charge in [0.05, 0.1) is 0 Å². The zero-order chi connectivity index (χ0) is 12.7. The highest BCUT2D eigenvalue weighted by Gasteiger charge is 2.11. The summed E-state index contributed by atoms with van der Waals surface area (Å²) in [5, 5.41) is 3.50. The van der Waals surface area contributed by atoms with Crippen LogP contribution in [-0.4, -0.2) is 6.54 Å². The van der Waals surface area contributed by atoms with Crippen molar-refractivity contribution in [2.75, 3.05) is 6.54 Å². The van der Waals surface area contributed by atoms with Crippen LogP contribution in [0, 0.1) is 12.7 Å². The second-order valence-corrected chi connectivity index (χ2v) is 4.66. The summed E-state index contributed by atoms with van der Waals surface area (Å²) in [5.41, 5.74) is 1.80. The molecule has 0 aliphatic rings. The van der Waals surface area contributed by atoms with Gasteiger partial charge >= 0.3 is 0 Å². The first-order chi connectivity index (χ1) is 8.19. The molecule has 0 amide bonds. The number of benzene rings is 1. The molecular formula is C15H24FN. The van der Waals surface area contributed by atoms with E-state index in [1.165, 1.54) is 12.8 Å². The van der Waals surface area contributed by atoms with Crippen molar-refractivity contribution in [2.24, 2.45) is 0 Å².